The van der Waals surface area contributed by atoms with Crippen LogP contribution in [0.15, 0.2) is 22.7 Å². The lowest BCUT2D eigenvalue weighted by Crippen LogP contribution is -2.24. The summed E-state index contributed by atoms with van der Waals surface area (Å²) in [5.74, 6) is 0. The fourth-order valence-corrected chi connectivity index (χ4v) is 1.50. The second kappa shape index (κ2) is 5.52. The first-order valence-corrected chi connectivity index (χ1v) is 5.91. The molecule has 0 aliphatic carbocycles. The van der Waals surface area contributed by atoms with Crippen LogP contribution in [0.2, 0.25) is 0 Å². The van der Waals surface area contributed by atoms with Crippen molar-refractivity contribution in [3.05, 3.63) is 33.8 Å². The Bertz CT molecular complexity index is 296. The van der Waals surface area contributed by atoms with Gasteiger partial charge in [-0.25, -0.2) is 0 Å². The van der Waals surface area contributed by atoms with Gasteiger partial charge in [-0.3, -0.25) is 0 Å². The van der Waals surface area contributed by atoms with Gasteiger partial charge in [0.2, 0.25) is 0 Å². The number of benzene rings is 1. The first kappa shape index (κ1) is 11.7. The summed E-state index contributed by atoms with van der Waals surface area (Å²) in [6.07, 6.45) is 1.18. The van der Waals surface area contributed by atoms with Crippen LogP contribution in [0.3, 0.4) is 0 Å². The minimum atomic E-state index is 0.596. The zero-order valence-electron chi connectivity index (χ0n) is 9.10. The summed E-state index contributed by atoms with van der Waals surface area (Å²) in [6, 6.07) is 7.09. The zero-order chi connectivity index (χ0) is 10.6. The van der Waals surface area contributed by atoms with Gasteiger partial charge >= 0.3 is 0 Å². The van der Waals surface area contributed by atoms with E-state index in [1.807, 2.05) is 0 Å². The molecule has 0 saturated heterocycles. The number of halogens is 1. The van der Waals surface area contributed by atoms with E-state index in [0.29, 0.717) is 6.04 Å². The third kappa shape index (κ3) is 3.43. The molecule has 0 radical (unpaired) electrons. The number of nitrogens with one attached hydrogen (secondary N) is 1. The van der Waals surface area contributed by atoms with Crippen LogP contribution in [0, 0.1) is 6.92 Å². The fourth-order valence-electron chi connectivity index (χ4n) is 1.25. The second-order valence-electron chi connectivity index (χ2n) is 3.77. The van der Waals surface area contributed by atoms with E-state index in [9.17, 15) is 0 Å². The SMILES string of the molecule is CC[C@H](C)NCc1ccc(Br)c(C)c1. The van der Waals surface area contributed by atoms with Gasteiger partial charge in [-0.05, 0) is 37.5 Å². The average Bonchev–Trinajstić information content (AvgIpc) is 2.19. The summed E-state index contributed by atoms with van der Waals surface area (Å²) in [5.41, 5.74) is 2.65. The maximum atomic E-state index is 3.50. The molecule has 1 aromatic carbocycles. The van der Waals surface area contributed by atoms with Crippen molar-refractivity contribution in [2.75, 3.05) is 0 Å². The van der Waals surface area contributed by atoms with Gasteiger partial charge < -0.3 is 5.32 Å². The first-order valence-electron chi connectivity index (χ1n) is 5.12. The van der Waals surface area contributed by atoms with Crippen molar-refractivity contribution in [2.45, 2.75) is 39.8 Å². The molecule has 0 aliphatic rings. The Balaban J connectivity index is 2.55. The standard InChI is InChI=1S/C12H18BrN/c1-4-10(3)14-8-11-5-6-12(13)9(2)7-11/h5-7,10,14H,4,8H2,1-3H3/t10-/m0/s1. The van der Waals surface area contributed by atoms with Crippen LogP contribution in [0.1, 0.15) is 31.4 Å². The van der Waals surface area contributed by atoms with E-state index in [-0.39, 0.29) is 0 Å². The summed E-state index contributed by atoms with van der Waals surface area (Å²) < 4.78 is 1.18. The summed E-state index contributed by atoms with van der Waals surface area (Å²) in [4.78, 5) is 0. The highest BCUT2D eigenvalue weighted by Gasteiger charge is 1.99. The molecule has 0 aromatic heterocycles. The molecule has 0 amide bonds. The van der Waals surface area contributed by atoms with Crippen molar-refractivity contribution < 1.29 is 0 Å². The van der Waals surface area contributed by atoms with Gasteiger partial charge in [-0.1, -0.05) is 35.0 Å². The molecule has 0 fully saturated rings. The lowest BCUT2D eigenvalue weighted by Gasteiger charge is -2.11. The molecule has 1 rings (SSSR count). The molecule has 1 nitrogen and oxygen atoms in total. The second-order valence-corrected chi connectivity index (χ2v) is 4.63. The van der Waals surface area contributed by atoms with Crippen molar-refractivity contribution in [1.82, 2.24) is 5.32 Å². The van der Waals surface area contributed by atoms with Gasteiger partial charge in [0.15, 0.2) is 0 Å². The van der Waals surface area contributed by atoms with E-state index >= 15 is 0 Å². The van der Waals surface area contributed by atoms with Gasteiger partial charge in [0, 0.05) is 17.1 Å². The Kier molecular flexibility index (Phi) is 4.63. The van der Waals surface area contributed by atoms with Crippen LogP contribution in [0.25, 0.3) is 0 Å². The van der Waals surface area contributed by atoms with E-state index in [4.69, 9.17) is 0 Å². The van der Waals surface area contributed by atoms with Crippen molar-refractivity contribution in [1.29, 1.82) is 0 Å². The van der Waals surface area contributed by atoms with Gasteiger partial charge in [0.05, 0.1) is 0 Å². The maximum Gasteiger partial charge on any atom is 0.0208 e. The highest BCUT2D eigenvalue weighted by Crippen LogP contribution is 2.16. The molecule has 14 heavy (non-hydrogen) atoms. The van der Waals surface area contributed by atoms with Crippen molar-refractivity contribution in [2.24, 2.45) is 0 Å². The van der Waals surface area contributed by atoms with Crippen molar-refractivity contribution in [3.63, 3.8) is 0 Å². The van der Waals surface area contributed by atoms with E-state index in [2.05, 4.69) is 60.2 Å². The Labute approximate surface area is 95.0 Å². The molecule has 1 atom stereocenters. The molecule has 1 aromatic rings. The quantitative estimate of drug-likeness (QED) is 0.867. The minimum Gasteiger partial charge on any atom is -0.310 e. The molecule has 78 valence electrons. The van der Waals surface area contributed by atoms with Crippen LogP contribution >= 0.6 is 15.9 Å². The summed E-state index contributed by atoms with van der Waals surface area (Å²) in [7, 11) is 0. The smallest absolute Gasteiger partial charge is 0.0208 e. The Morgan fingerprint density at radius 2 is 2.14 bits per heavy atom. The third-order valence-electron chi connectivity index (χ3n) is 2.49. The summed E-state index contributed by atoms with van der Waals surface area (Å²) in [6.45, 7) is 7.50. The lowest BCUT2D eigenvalue weighted by molar-refractivity contribution is 0.534. The van der Waals surface area contributed by atoms with Gasteiger partial charge in [0.1, 0.15) is 0 Å². The predicted molar refractivity (Wildman–Crippen MR) is 65.5 cm³/mol. The van der Waals surface area contributed by atoms with E-state index in [1.165, 1.54) is 22.0 Å². The predicted octanol–water partition coefficient (Wildman–Crippen LogP) is 3.65. The van der Waals surface area contributed by atoms with E-state index in [1.54, 1.807) is 0 Å². The topological polar surface area (TPSA) is 12.0 Å². The molecule has 0 aliphatic heterocycles. The number of aryl methyl sites for hydroxylation is 1. The monoisotopic (exact) mass is 255 g/mol. The average molecular weight is 256 g/mol. The molecule has 0 saturated carbocycles. The van der Waals surface area contributed by atoms with Crippen LogP contribution in [-0.2, 0) is 6.54 Å². The van der Waals surface area contributed by atoms with Crippen LogP contribution < -0.4 is 5.32 Å². The Morgan fingerprint density at radius 3 is 2.71 bits per heavy atom. The van der Waals surface area contributed by atoms with E-state index < -0.39 is 0 Å². The van der Waals surface area contributed by atoms with Gasteiger partial charge in [-0.2, -0.15) is 0 Å². The molecule has 0 heterocycles. The Morgan fingerprint density at radius 1 is 1.43 bits per heavy atom. The molecular formula is C12H18BrN. The van der Waals surface area contributed by atoms with Gasteiger partial charge in [0.25, 0.3) is 0 Å². The normalized spacial score (nSPS) is 12.9. The third-order valence-corrected chi connectivity index (χ3v) is 3.38. The molecule has 2 heteroatoms. The molecule has 0 bridgehead atoms. The molecule has 1 N–H and O–H groups in total. The van der Waals surface area contributed by atoms with Crippen molar-refractivity contribution in [3.8, 4) is 0 Å². The fraction of sp³-hybridized carbons (Fsp3) is 0.500. The molecule has 0 spiro atoms. The van der Waals surface area contributed by atoms with Gasteiger partial charge in [-0.15, -0.1) is 0 Å². The van der Waals surface area contributed by atoms with Crippen LogP contribution in [0.5, 0.6) is 0 Å². The Hall–Kier alpha value is -0.340. The molecular weight excluding hydrogens is 238 g/mol. The number of hydrogen-bond acceptors (Lipinski definition) is 1. The summed E-state index contributed by atoms with van der Waals surface area (Å²) >= 11 is 3.50. The van der Waals surface area contributed by atoms with Crippen LogP contribution in [0.4, 0.5) is 0 Å². The first-order chi connectivity index (χ1) is 6.63. The zero-order valence-corrected chi connectivity index (χ0v) is 10.7. The lowest BCUT2D eigenvalue weighted by atomic mass is 10.1. The largest absolute Gasteiger partial charge is 0.310 e. The number of rotatable bonds is 4. The highest BCUT2D eigenvalue weighted by atomic mass is 79.9. The number of hydrogen-bond donors (Lipinski definition) is 1. The highest BCUT2D eigenvalue weighted by molar-refractivity contribution is 9.10. The maximum absolute atomic E-state index is 3.50. The van der Waals surface area contributed by atoms with Crippen molar-refractivity contribution >= 4 is 15.9 Å². The van der Waals surface area contributed by atoms with Crippen LogP contribution in [-0.4, -0.2) is 6.04 Å². The van der Waals surface area contributed by atoms with E-state index in [0.717, 1.165) is 6.54 Å². The minimum absolute atomic E-state index is 0.596. The summed E-state index contributed by atoms with van der Waals surface area (Å²) in [5, 5.41) is 3.48. The molecule has 0 unspecified atom stereocenters.